The number of rotatable bonds is 13. The Bertz CT molecular complexity index is 320. The van der Waals surface area contributed by atoms with Crippen molar-refractivity contribution in [2.24, 2.45) is 0 Å². The Morgan fingerprint density at radius 2 is 1.67 bits per heavy atom. The lowest BCUT2D eigenvalue weighted by Crippen LogP contribution is -2.25. The predicted molar refractivity (Wildman–Crippen MR) is 77.9 cm³/mol. The van der Waals surface area contributed by atoms with Gasteiger partial charge in [0.1, 0.15) is 6.61 Å². The van der Waals surface area contributed by atoms with Gasteiger partial charge in [0.05, 0.1) is 19.8 Å². The number of amides is 2. The molecule has 0 aliphatic heterocycles. The second kappa shape index (κ2) is 13.5. The Morgan fingerprint density at radius 3 is 2.33 bits per heavy atom. The van der Waals surface area contributed by atoms with Crippen molar-refractivity contribution in [1.29, 1.82) is 0 Å². The maximum absolute atomic E-state index is 11.4. The van der Waals surface area contributed by atoms with Crippen LogP contribution < -0.4 is 10.6 Å². The van der Waals surface area contributed by atoms with E-state index in [1.54, 1.807) is 6.92 Å². The van der Waals surface area contributed by atoms with E-state index in [9.17, 15) is 14.4 Å². The molecule has 0 aromatic carbocycles. The highest BCUT2D eigenvalue weighted by Gasteiger charge is 2.03. The molecule has 0 atom stereocenters. The van der Waals surface area contributed by atoms with Gasteiger partial charge >= 0.3 is 0 Å². The molecule has 0 spiro atoms. The number of hydrogen-bond donors (Lipinski definition) is 2. The molecule has 7 heteroatoms. The summed E-state index contributed by atoms with van der Waals surface area (Å²) in [6, 6.07) is 0. The van der Waals surface area contributed by atoms with Crippen LogP contribution in [0.2, 0.25) is 0 Å². The zero-order chi connectivity index (χ0) is 15.9. The van der Waals surface area contributed by atoms with Crippen LogP contribution in [-0.2, 0) is 23.9 Å². The summed E-state index contributed by atoms with van der Waals surface area (Å²) in [5.41, 5.74) is 0. The molecule has 0 fully saturated rings. The third kappa shape index (κ3) is 14.7. The first kappa shape index (κ1) is 19.5. The zero-order valence-corrected chi connectivity index (χ0v) is 12.9. The lowest BCUT2D eigenvalue weighted by molar-refractivity contribution is -0.125. The van der Waals surface area contributed by atoms with Crippen LogP contribution >= 0.6 is 0 Å². The summed E-state index contributed by atoms with van der Waals surface area (Å²) in [6.45, 7) is 5.44. The summed E-state index contributed by atoms with van der Waals surface area (Å²) in [6.07, 6.45) is 1.48. The van der Waals surface area contributed by atoms with E-state index in [-0.39, 0.29) is 24.2 Å². The second-order valence-electron chi connectivity index (χ2n) is 4.49. The fourth-order valence-electron chi connectivity index (χ4n) is 1.42. The standard InChI is InChI=1S/C14H26N2O5/c1-3-14(19)16-6-4-5-13(18)11-21-10-9-20-8-7-15-12(2)17/h3-11H2,1-2H3,(H,15,17)(H,16,19). The van der Waals surface area contributed by atoms with Gasteiger partial charge in [-0.05, 0) is 6.42 Å². The maximum Gasteiger partial charge on any atom is 0.219 e. The van der Waals surface area contributed by atoms with Gasteiger partial charge in [-0.3, -0.25) is 14.4 Å². The van der Waals surface area contributed by atoms with Gasteiger partial charge in [0.15, 0.2) is 5.78 Å². The molecular formula is C14H26N2O5. The third-order valence-corrected chi connectivity index (χ3v) is 2.53. The van der Waals surface area contributed by atoms with Crippen LogP contribution in [0.3, 0.4) is 0 Å². The van der Waals surface area contributed by atoms with Crippen LogP contribution in [0.4, 0.5) is 0 Å². The van der Waals surface area contributed by atoms with Crippen molar-refractivity contribution < 1.29 is 23.9 Å². The normalized spacial score (nSPS) is 10.2. The number of carbonyl (C=O) groups excluding carboxylic acids is 3. The van der Waals surface area contributed by atoms with Crippen LogP contribution in [0.1, 0.15) is 33.1 Å². The first-order valence-corrected chi connectivity index (χ1v) is 7.24. The van der Waals surface area contributed by atoms with Crippen molar-refractivity contribution in [3.63, 3.8) is 0 Å². The number of ketones is 1. The third-order valence-electron chi connectivity index (χ3n) is 2.53. The van der Waals surface area contributed by atoms with Gasteiger partial charge in [-0.2, -0.15) is 0 Å². The minimum Gasteiger partial charge on any atom is -0.377 e. The Hall–Kier alpha value is -1.47. The van der Waals surface area contributed by atoms with Crippen LogP contribution in [0.5, 0.6) is 0 Å². The summed E-state index contributed by atoms with van der Waals surface area (Å²) in [5, 5.41) is 5.32. The quantitative estimate of drug-likeness (QED) is 0.468. The molecule has 0 bridgehead atoms. The Labute approximate surface area is 125 Å². The van der Waals surface area contributed by atoms with Crippen LogP contribution in [0.15, 0.2) is 0 Å². The zero-order valence-electron chi connectivity index (χ0n) is 12.9. The summed E-state index contributed by atoms with van der Waals surface area (Å²) in [4.78, 5) is 33.0. The summed E-state index contributed by atoms with van der Waals surface area (Å²) in [7, 11) is 0. The van der Waals surface area contributed by atoms with Gasteiger partial charge in [-0.15, -0.1) is 0 Å². The molecule has 0 aromatic heterocycles. The van der Waals surface area contributed by atoms with E-state index in [0.29, 0.717) is 52.2 Å². The first-order valence-electron chi connectivity index (χ1n) is 7.24. The van der Waals surface area contributed by atoms with Crippen molar-refractivity contribution in [1.82, 2.24) is 10.6 Å². The minimum absolute atomic E-state index is 0.00453. The van der Waals surface area contributed by atoms with Crippen molar-refractivity contribution >= 4 is 17.6 Å². The molecule has 21 heavy (non-hydrogen) atoms. The largest absolute Gasteiger partial charge is 0.377 e. The molecule has 7 nitrogen and oxygen atoms in total. The van der Waals surface area contributed by atoms with Crippen molar-refractivity contribution in [3.8, 4) is 0 Å². The molecule has 2 amide bonds. The van der Waals surface area contributed by atoms with E-state index in [1.165, 1.54) is 6.92 Å². The van der Waals surface area contributed by atoms with Gasteiger partial charge in [0.2, 0.25) is 11.8 Å². The van der Waals surface area contributed by atoms with Gasteiger partial charge in [0.25, 0.3) is 0 Å². The molecular weight excluding hydrogens is 276 g/mol. The topological polar surface area (TPSA) is 93.7 Å². The Balaban J connectivity index is 3.26. The van der Waals surface area contributed by atoms with Crippen molar-refractivity contribution in [3.05, 3.63) is 0 Å². The summed E-state index contributed by atoms with van der Waals surface area (Å²) in [5.74, 6) is -0.0790. The second-order valence-corrected chi connectivity index (χ2v) is 4.49. The number of carbonyl (C=O) groups is 3. The van der Waals surface area contributed by atoms with Gasteiger partial charge in [-0.25, -0.2) is 0 Å². The highest BCUT2D eigenvalue weighted by molar-refractivity contribution is 5.79. The van der Waals surface area contributed by atoms with Crippen LogP contribution in [0.25, 0.3) is 0 Å². The van der Waals surface area contributed by atoms with E-state index in [0.717, 1.165) is 0 Å². The van der Waals surface area contributed by atoms with Crippen molar-refractivity contribution in [2.75, 3.05) is 39.5 Å². The molecule has 122 valence electrons. The monoisotopic (exact) mass is 302 g/mol. The Kier molecular flexibility index (Phi) is 12.6. The molecule has 0 aromatic rings. The fraction of sp³-hybridized carbons (Fsp3) is 0.786. The average molecular weight is 302 g/mol. The van der Waals surface area contributed by atoms with Gasteiger partial charge in [0, 0.05) is 32.9 Å². The van der Waals surface area contributed by atoms with Crippen molar-refractivity contribution in [2.45, 2.75) is 33.1 Å². The molecule has 0 radical (unpaired) electrons. The molecule has 0 rings (SSSR count). The SMILES string of the molecule is CCC(=O)NCCCC(=O)COCCOCCNC(C)=O. The average Bonchev–Trinajstić information content (AvgIpc) is 2.45. The van der Waals surface area contributed by atoms with Gasteiger partial charge in [-0.1, -0.05) is 6.92 Å². The Morgan fingerprint density at radius 1 is 0.952 bits per heavy atom. The van der Waals surface area contributed by atoms with Crippen LogP contribution in [0, 0.1) is 0 Å². The van der Waals surface area contributed by atoms with E-state index in [2.05, 4.69) is 10.6 Å². The number of hydrogen-bond acceptors (Lipinski definition) is 5. The first-order chi connectivity index (χ1) is 10.1. The fourth-order valence-corrected chi connectivity index (χ4v) is 1.42. The maximum atomic E-state index is 11.4. The highest BCUT2D eigenvalue weighted by Crippen LogP contribution is 1.91. The highest BCUT2D eigenvalue weighted by atomic mass is 16.5. The summed E-state index contributed by atoms with van der Waals surface area (Å²) < 4.78 is 10.4. The molecule has 0 unspecified atom stereocenters. The molecule has 0 aliphatic carbocycles. The van der Waals surface area contributed by atoms with E-state index >= 15 is 0 Å². The predicted octanol–water partition coefficient (Wildman–Crippen LogP) is 0.0312. The molecule has 2 N–H and O–H groups in total. The minimum atomic E-state index is -0.0874. The van der Waals surface area contributed by atoms with E-state index < -0.39 is 0 Å². The number of ether oxygens (including phenoxy) is 2. The number of Topliss-reactive ketones (excluding diaryl/α,β-unsaturated/α-hetero) is 1. The number of nitrogens with one attached hydrogen (secondary N) is 2. The van der Waals surface area contributed by atoms with Crippen LogP contribution in [-0.4, -0.2) is 57.1 Å². The molecule has 0 aliphatic rings. The van der Waals surface area contributed by atoms with E-state index in [4.69, 9.17) is 9.47 Å². The lowest BCUT2D eigenvalue weighted by atomic mass is 10.2. The molecule has 0 saturated carbocycles. The van der Waals surface area contributed by atoms with Gasteiger partial charge < -0.3 is 20.1 Å². The summed E-state index contributed by atoms with van der Waals surface area (Å²) >= 11 is 0. The smallest absolute Gasteiger partial charge is 0.219 e. The lowest BCUT2D eigenvalue weighted by Gasteiger charge is -2.06. The van der Waals surface area contributed by atoms with E-state index in [1.807, 2.05) is 0 Å². The molecule has 0 saturated heterocycles. The molecule has 0 heterocycles.